The average Bonchev–Trinajstić information content (AvgIpc) is 2.70. The van der Waals surface area contributed by atoms with E-state index in [1.165, 1.54) is 11.6 Å². The van der Waals surface area contributed by atoms with Gasteiger partial charge in [0, 0.05) is 18.7 Å². The molecule has 0 saturated heterocycles. The van der Waals surface area contributed by atoms with Gasteiger partial charge in [0.05, 0.1) is 19.3 Å². The van der Waals surface area contributed by atoms with E-state index in [-0.39, 0.29) is 24.8 Å². The Morgan fingerprint density at radius 3 is 2.50 bits per heavy atom. The van der Waals surface area contributed by atoms with Gasteiger partial charge in [-0.1, -0.05) is 36.4 Å². The second-order valence-corrected chi connectivity index (χ2v) is 6.67. The second kappa shape index (κ2) is 14.4. The Hall–Kier alpha value is -1.63. The van der Waals surface area contributed by atoms with Gasteiger partial charge < -0.3 is 25.4 Å². The Labute approximate surface area is 173 Å². The zero-order valence-corrected chi connectivity index (χ0v) is 17.0. The number of aromatic hydroxyl groups is 1. The third-order valence-corrected chi connectivity index (χ3v) is 4.52. The molecule has 0 spiro atoms. The van der Waals surface area contributed by atoms with Crippen molar-refractivity contribution in [3.8, 4) is 5.75 Å². The molecule has 0 fully saturated rings. The molecule has 0 aliphatic heterocycles. The fourth-order valence-corrected chi connectivity index (χ4v) is 2.86. The summed E-state index contributed by atoms with van der Waals surface area (Å²) >= 11 is 0. The molecule has 0 aliphatic carbocycles. The molecule has 0 aromatic heterocycles. The number of phenols is 1. The fourth-order valence-electron chi connectivity index (χ4n) is 2.86. The summed E-state index contributed by atoms with van der Waals surface area (Å²) in [5, 5.41) is 32.1. The van der Waals surface area contributed by atoms with Gasteiger partial charge in [-0.15, -0.1) is 12.4 Å². The number of hydrogen-bond acceptors (Lipinski definition) is 5. The van der Waals surface area contributed by atoms with Gasteiger partial charge in [-0.2, -0.15) is 0 Å². The van der Waals surface area contributed by atoms with Crippen LogP contribution in [0.2, 0.25) is 0 Å². The lowest BCUT2D eigenvalue weighted by Crippen LogP contribution is -2.22. The number of rotatable bonds is 13. The van der Waals surface area contributed by atoms with Crippen LogP contribution in [0.25, 0.3) is 0 Å². The maximum Gasteiger partial charge on any atom is 0.121 e. The Morgan fingerprint density at radius 1 is 0.964 bits per heavy atom. The van der Waals surface area contributed by atoms with E-state index in [1.54, 1.807) is 12.1 Å². The predicted octanol–water partition coefficient (Wildman–Crippen LogP) is 3.36. The Kier molecular flexibility index (Phi) is 12.5. The van der Waals surface area contributed by atoms with Crippen molar-refractivity contribution in [1.29, 1.82) is 0 Å². The van der Waals surface area contributed by atoms with Crippen LogP contribution >= 0.6 is 12.4 Å². The minimum absolute atomic E-state index is 0. The smallest absolute Gasteiger partial charge is 0.121 e. The van der Waals surface area contributed by atoms with E-state index in [9.17, 15) is 10.2 Å². The molecule has 0 heterocycles. The first-order valence-corrected chi connectivity index (χ1v) is 9.64. The highest BCUT2D eigenvalue weighted by atomic mass is 35.5. The zero-order valence-electron chi connectivity index (χ0n) is 16.2. The first-order valence-electron chi connectivity index (χ1n) is 9.64. The average molecular weight is 410 g/mol. The number of nitrogens with one attached hydrogen (secondary N) is 1. The summed E-state index contributed by atoms with van der Waals surface area (Å²) in [5.41, 5.74) is 2.43. The third-order valence-electron chi connectivity index (χ3n) is 4.52. The predicted molar refractivity (Wildman–Crippen MR) is 114 cm³/mol. The second-order valence-electron chi connectivity index (χ2n) is 6.67. The molecule has 0 radical (unpaired) electrons. The lowest BCUT2D eigenvalue weighted by Gasteiger charge is -2.14. The van der Waals surface area contributed by atoms with Crippen molar-refractivity contribution in [3.63, 3.8) is 0 Å². The van der Waals surface area contributed by atoms with Crippen molar-refractivity contribution in [3.05, 3.63) is 65.2 Å². The molecule has 5 nitrogen and oxygen atoms in total. The molecule has 0 aliphatic rings. The molecule has 1 unspecified atom stereocenters. The van der Waals surface area contributed by atoms with Crippen molar-refractivity contribution in [2.45, 2.75) is 38.4 Å². The number of hydrogen-bond donors (Lipinski definition) is 4. The normalized spacial score (nSPS) is 11.8. The topological polar surface area (TPSA) is 82.0 Å². The van der Waals surface area contributed by atoms with Crippen molar-refractivity contribution >= 4 is 12.4 Å². The van der Waals surface area contributed by atoms with Gasteiger partial charge in [-0.25, -0.2) is 0 Å². The fraction of sp³-hybridized carbons (Fsp3) is 0.455. The van der Waals surface area contributed by atoms with Gasteiger partial charge in [-0.05, 0) is 55.5 Å². The number of aliphatic hydroxyl groups is 2. The van der Waals surface area contributed by atoms with E-state index in [0.29, 0.717) is 17.7 Å². The molecule has 0 bridgehead atoms. The molecule has 28 heavy (non-hydrogen) atoms. The molecule has 1 atom stereocenters. The lowest BCUT2D eigenvalue weighted by atomic mass is 10.1. The zero-order chi connectivity index (χ0) is 19.3. The molecular weight excluding hydrogens is 378 g/mol. The van der Waals surface area contributed by atoms with Crippen molar-refractivity contribution < 1.29 is 20.1 Å². The summed E-state index contributed by atoms with van der Waals surface area (Å²) in [4.78, 5) is 0. The van der Waals surface area contributed by atoms with Gasteiger partial charge >= 0.3 is 0 Å². The molecule has 156 valence electrons. The molecule has 6 heteroatoms. The number of halogens is 1. The molecule has 4 N–H and O–H groups in total. The van der Waals surface area contributed by atoms with Crippen LogP contribution in [0.5, 0.6) is 5.75 Å². The standard InChI is InChI=1S/C22H31NO4.ClH/c24-17-20-15-19(9-10-21(20)25)22(26)16-23-12-5-2-6-13-27-14-11-18-7-3-1-4-8-18;/h1,3-4,7-10,15,22-26H,2,5-6,11-14,16-17H2;1H. The minimum atomic E-state index is -0.655. The number of unbranched alkanes of at least 4 members (excludes halogenated alkanes) is 2. The highest BCUT2D eigenvalue weighted by molar-refractivity contribution is 5.85. The van der Waals surface area contributed by atoms with Crippen molar-refractivity contribution in [1.82, 2.24) is 5.32 Å². The largest absolute Gasteiger partial charge is 0.508 e. The maximum atomic E-state index is 10.2. The summed E-state index contributed by atoms with van der Waals surface area (Å²) < 4.78 is 5.67. The lowest BCUT2D eigenvalue weighted by molar-refractivity contribution is 0.132. The van der Waals surface area contributed by atoms with Crippen LogP contribution in [0.15, 0.2) is 48.5 Å². The van der Waals surface area contributed by atoms with Crippen LogP contribution in [-0.2, 0) is 17.8 Å². The van der Waals surface area contributed by atoms with Crippen LogP contribution in [0.4, 0.5) is 0 Å². The first kappa shape index (κ1) is 24.4. The molecule has 0 amide bonds. The van der Waals surface area contributed by atoms with Gasteiger partial charge in [0.2, 0.25) is 0 Å². The summed E-state index contributed by atoms with van der Waals surface area (Å²) in [6, 6.07) is 15.2. The van der Waals surface area contributed by atoms with Crippen LogP contribution in [0.3, 0.4) is 0 Å². The van der Waals surface area contributed by atoms with E-state index in [1.807, 2.05) is 18.2 Å². The van der Waals surface area contributed by atoms with Crippen molar-refractivity contribution in [2.24, 2.45) is 0 Å². The monoisotopic (exact) mass is 409 g/mol. The van der Waals surface area contributed by atoms with Crippen molar-refractivity contribution in [2.75, 3.05) is 26.3 Å². The third kappa shape index (κ3) is 9.04. The summed E-state index contributed by atoms with van der Waals surface area (Å²) in [5.74, 6) is 0.0485. The minimum Gasteiger partial charge on any atom is -0.508 e. The Morgan fingerprint density at radius 2 is 1.75 bits per heavy atom. The van der Waals surface area contributed by atoms with Gasteiger partial charge in [0.1, 0.15) is 5.75 Å². The summed E-state index contributed by atoms with van der Waals surface area (Å²) in [7, 11) is 0. The SMILES string of the molecule is Cl.OCc1cc(C(O)CNCCCCCOCCc2ccccc2)ccc1O. The first-order chi connectivity index (χ1) is 13.2. The van der Waals surface area contributed by atoms with E-state index in [2.05, 4.69) is 17.4 Å². The molecule has 0 saturated carbocycles. The van der Waals surface area contributed by atoms with Crippen LogP contribution < -0.4 is 5.32 Å². The molecule has 2 aromatic rings. The van der Waals surface area contributed by atoms with E-state index in [0.717, 1.165) is 45.4 Å². The van der Waals surface area contributed by atoms with Crippen LogP contribution in [0, 0.1) is 0 Å². The summed E-state index contributed by atoms with van der Waals surface area (Å²) in [6.45, 7) is 2.59. The Balaban J connectivity index is 0.00000392. The van der Waals surface area contributed by atoms with Gasteiger partial charge in [-0.3, -0.25) is 0 Å². The van der Waals surface area contributed by atoms with E-state index < -0.39 is 6.10 Å². The number of aliphatic hydroxyl groups excluding tert-OH is 2. The highest BCUT2D eigenvalue weighted by Gasteiger charge is 2.09. The van der Waals surface area contributed by atoms with E-state index in [4.69, 9.17) is 9.84 Å². The maximum absolute atomic E-state index is 10.2. The molecule has 2 aromatic carbocycles. The quantitative estimate of drug-likeness (QED) is 0.381. The van der Waals surface area contributed by atoms with Gasteiger partial charge in [0.15, 0.2) is 0 Å². The van der Waals surface area contributed by atoms with Crippen LogP contribution in [-0.4, -0.2) is 41.6 Å². The number of benzene rings is 2. The van der Waals surface area contributed by atoms with E-state index >= 15 is 0 Å². The summed E-state index contributed by atoms with van der Waals surface area (Å²) in [6.07, 6.45) is 3.46. The molecular formula is C22H32ClNO4. The number of ether oxygens (including phenoxy) is 1. The highest BCUT2D eigenvalue weighted by Crippen LogP contribution is 2.22. The molecule has 2 rings (SSSR count). The Bertz CT molecular complexity index is 654. The van der Waals surface area contributed by atoms with Gasteiger partial charge in [0.25, 0.3) is 0 Å². The van der Waals surface area contributed by atoms with Crippen LogP contribution in [0.1, 0.15) is 42.1 Å².